The predicted octanol–water partition coefficient (Wildman–Crippen LogP) is 11.8. The van der Waals surface area contributed by atoms with Crippen molar-refractivity contribution in [2.24, 2.45) is 5.92 Å². The molecule has 0 aliphatic heterocycles. The molecule has 0 N–H and O–H groups in total. The monoisotopic (exact) mass is 559 g/mol. The Hall–Kier alpha value is -3.16. The maximum Gasteiger partial charge on any atom is 0.0610 e. The molecular weight excluding hydrogens is 506 g/mol. The topological polar surface area (TPSA) is 3.24 Å². The zero-order valence-corrected chi connectivity index (χ0v) is 26.2. The van der Waals surface area contributed by atoms with Crippen molar-refractivity contribution in [2.45, 2.75) is 96.6 Å². The van der Waals surface area contributed by atoms with Crippen molar-refractivity contribution in [1.29, 1.82) is 0 Å². The lowest BCUT2D eigenvalue weighted by Crippen LogP contribution is -2.35. The van der Waals surface area contributed by atoms with Crippen LogP contribution in [0.3, 0.4) is 0 Å². The van der Waals surface area contributed by atoms with E-state index in [0.29, 0.717) is 0 Å². The third-order valence-corrected chi connectivity index (χ3v) is 8.57. The van der Waals surface area contributed by atoms with Gasteiger partial charge in [-0.15, -0.1) is 0 Å². The van der Waals surface area contributed by atoms with E-state index >= 15 is 0 Å². The molecule has 4 rings (SSSR count). The standard InChI is InChI=1S/C41H53N/c1-35(2)25-15-9-7-5-3-4-6-8-10-24-34-42(40(36-26-16-11-17-27-36)37-28-18-12-19-29-37)41(38-30-20-13-21-31-38)39-32-22-14-23-33-39/h11-14,16-23,26-33,35,40-41H,3-10,15,24-25,34H2,1-2H3. The van der Waals surface area contributed by atoms with Gasteiger partial charge < -0.3 is 0 Å². The molecule has 0 heterocycles. The van der Waals surface area contributed by atoms with Gasteiger partial charge in [0.2, 0.25) is 0 Å². The van der Waals surface area contributed by atoms with E-state index in [4.69, 9.17) is 0 Å². The van der Waals surface area contributed by atoms with Gasteiger partial charge in [0.05, 0.1) is 12.1 Å². The van der Waals surface area contributed by atoms with E-state index in [1.54, 1.807) is 0 Å². The predicted molar refractivity (Wildman–Crippen MR) is 182 cm³/mol. The second-order valence-electron chi connectivity index (χ2n) is 12.4. The molecule has 0 aliphatic carbocycles. The maximum atomic E-state index is 2.77. The number of hydrogen-bond donors (Lipinski definition) is 0. The number of unbranched alkanes of at least 4 members (excludes halogenated alkanes) is 9. The van der Waals surface area contributed by atoms with Gasteiger partial charge >= 0.3 is 0 Å². The molecular formula is C41H53N. The normalized spacial score (nSPS) is 11.7. The first-order chi connectivity index (χ1) is 20.7. The quantitative estimate of drug-likeness (QED) is 0.103. The molecule has 1 nitrogen and oxygen atoms in total. The van der Waals surface area contributed by atoms with E-state index in [0.717, 1.165) is 12.5 Å². The van der Waals surface area contributed by atoms with Crippen LogP contribution >= 0.6 is 0 Å². The van der Waals surface area contributed by atoms with E-state index in [1.807, 2.05) is 0 Å². The largest absolute Gasteiger partial charge is 0.281 e. The van der Waals surface area contributed by atoms with Crippen LogP contribution in [0, 0.1) is 5.92 Å². The Kier molecular flexibility index (Phi) is 13.9. The third-order valence-electron chi connectivity index (χ3n) is 8.57. The fourth-order valence-corrected chi connectivity index (χ4v) is 6.36. The van der Waals surface area contributed by atoms with Crippen molar-refractivity contribution >= 4 is 0 Å². The molecule has 0 saturated carbocycles. The second kappa shape index (κ2) is 18.4. The zero-order chi connectivity index (χ0) is 29.2. The van der Waals surface area contributed by atoms with Crippen LogP contribution in [0.1, 0.15) is 119 Å². The summed E-state index contributed by atoms with van der Waals surface area (Å²) in [6, 6.07) is 44.8. The average molecular weight is 560 g/mol. The van der Waals surface area contributed by atoms with Crippen LogP contribution < -0.4 is 0 Å². The number of rotatable bonds is 19. The van der Waals surface area contributed by atoms with Crippen molar-refractivity contribution in [3.8, 4) is 0 Å². The van der Waals surface area contributed by atoms with Gasteiger partial charge in [0.15, 0.2) is 0 Å². The summed E-state index contributed by atoms with van der Waals surface area (Å²) in [6.07, 6.45) is 15.1. The SMILES string of the molecule is CC(C)CCCCCCCCCCCCN(C(c1ccccc1)c1ccccc1)C(c1ccccc1)c1ccccc1. The minimum absolute atomic E-state index is 0.175. The first-order valence-electron chi connectivity index (χ1n) is 16.7. The lowest BCUT2D eigenvalue weighted by molar-refractivity contribution is 0.176. The lowest BCUT2D eigenvalue weighted by Gasteiger charge is -2.39. The Morgan fingerprint density at radius 2 is 0.667 bits per heavy atom. The third kappa shape index (κ3) is 10.3. The lowest BCUT2D eigenvalue weighted by atomic mass is 9.90. The second-order valence-corrected chi connectivity index (χ2v) is 12.4. The summed E-state index contributed by atoms with van der Waals surface area (Å²) in [5, 5.41) is 0. The highest BCUT2D eigenvalue weighted by Gasteiger charge is 2.30. The smallest absolute Gasteiger partial charge is 0.0610 e. The summed E-state index contributed by atoms with van der Waals surface area (Å²) in [4.78, 5) is 2.77. The van der Waals surface area contributed by atoms with E-state index in [-0.39, 0.29) is 12.1 Å². The Balaban J connectivity index is 1.47. The highest BCUT2D eigenvalue weighted by molar-refractivity contribution is 5.37. The molecule has 42 heavy (non-hydrogen) atoms. The van der Waals surface area contributed by atoms with E-state index in [2.05, 4.69) is 140 Å². The van der Waals surface area contributed by atoms with Crippen LogP contribution in [0.5, 0.6) is 0 Å². The molecule has 0 unspecified atom stereocenters. The van der Waals surface area contributed by atoms with Gasteiger partial charge in [-0.05, 0) is 34.6 Å². The van der Waals surface area contributed by atoms with Crippen molar-refractivity contribution in [2.75, 3.05) is 6.54 Å². The Morgan fingerprint density at radius 3 is 0.976 bits per heavy atom. The highest BCUT2D eigenvalue weighted by Crippen LogP contribution is 2.39. The van der Waals surface area contributed by atoms with E-state index in [1.165, 1.54) is 92.9 Å². The zero-order valence-electron chi connectivity index (χ0n) is 26.2. The number of hydrogen-bond acceptors (Lipinski definition) is 1. The van der Waals surface area contributed by atoms with Crippen molar-refractivity contribution in [1.82, 2.24) is 4.90 Å². The highest BCUT2D eigenvalue weighted by atomic mass is 15.2. The molecule has 4 aromatic rings. The molecule has 0 amide bonds. The Morgan fingerprint density at radius 1 is 0.381 bits per heavy atom. The maximum absolute atomic E-state index is 2.77. The molecule has 0 aliphatic rings. The molecule has 0 atom stereocenters. The van der Waals surface area contributed by atoms with Crippen LogP contribution in [0.4, 0.5) is 0 Å². The molecule has 0 bridgehead atoms. The average Bonchev–Trinajstić information content (AvgIpc) is 3.03. The van der Waals surface area contributed by atoms with Gasteiger partial charge in [-0.1, -0.05) is 199 Å². The van der Waals surface area contributed by atoms with Gasteiger partial charge in [0.25, 0.3) is 0 Å². The minimum atomic E-state index is 0.175. The summed E-state index contributed by atoms with van der Waals surface area (Å²) < 4.78 is 0. The van der Waals surface area contributed by atoms with E-state index in [9.17, 15) is 0 Å². The minimum Gasteiger partial charge on any atom is -0.281 e. The molecule has 1 heteroatoms. The Labute approximate surface area is 257 Å². The van der Waals surface area contributed by atoms with Crippen molar-refractivity contribution < 1.29 is 0 Å². The Bertz CT molecular complexity index is 1040. The molecule has 0 saturated heterocycles. The molecule has 0 radical (unpaired) electrons. The first kappa shape index (κ1) is 31.8. The molecule has 4 aromatic carbocycles. The van der Waals surface area contributed by atoms with Crippen LogP contribution in [0.25, 0.3) is 0 Å². The van der Waals surface area contributed by atoms with Gasteiger partial charge in [0, 0.05) is 6.54 Å². The van der Waals surface area contributed by atoms with Crippen LogP contribution in [0.2, 0.25) is 0 Å². The molecule has 222 valence electrons. The summed E-state index contributed by atoms with van der Waals surface area (Å²) >= 11 is 0. The van der Waals surface area contributed by atoms with Crippen molar-refractivity contribution in [3.63, 3.8) is 0 Å². The summed E-state index contributed by atoms with van der Waals surface area (Å²) in [7, 11) is 0. The van der Waals surface area contributed by atoms with Gasteiger partial charge in [-0.25, -0.2) is 0 Å². The van der Waals surface area contributed by atoms with Crippen LogP contribution in [-0.2, 0) is 0 Å². The van der Waals surface area contributed by atoms with Gasteiger partial charge in [-0.2, -0.15) is 0 Å². The first-order valence-corrected chi connectivity index (χ1v) is 16.7. The summed E-state index contributed by atoms with van der Waals surface area (Å²) in [5.41, 5.74) is 5.42. The summed E-state index contributed by atoms with van der Waals surface area (Å²) in [5.74, 6) is 0.854. The number of benzene rings is 4. The van der Waals surface area contributed by atoms with Crippen molar-refractivity contribution in [3.05, 3.63) is 144 Å². The van der Waals surface area contributed by atoms with E-state index < -0.39 is 0 Å². The van der Waals surface area contributed by atoms with Gasteiger partial charge in [0.1, 0.15) is 0 Å². The molecule has 0 aromatic heterocycles. The molecule has 0 fully saturated rings. The molecule has 0 spiro atoms. The van der Waals surface area contributed by atoms with Crippen LogP contribution in [-0.4, -0.2) is 11.4 Å². The summed E-state index contributed by atoms with van der Waals surface area (Å²) in [6.45, 7) is 5.73. The fourth-order valence-electron chi connectivity index (χ4n) is 6.36. The van der Waals surface area contributed by atoms with Crippen LogP contribution in [0.15, 0.2) is 121 Å². The fraction of sp³-hybridized carbons (Fsp3) is 0.415. The van der Waals surface area contributed by atoms with Gasteiger partial charge in [-0.3, -0.25) is 4.90 Å². The number of nitrogens with zero attached hydrogens (tertiary/aromatic N) is 1.